The Kier molecular flexibility index (Phi) is 2.70. The Morgan fingerprint density at radius 3 is 1.89 bits per heavy atom. The van der Waals surface area contributed by atoms with Crippen LogP contribution in [0.1, 0.15) is 72.9 Å². The highest BCUT2D eigenvalue weighted by Gasteiger charge is 2.35. The second kappa shape index (κ2) is 12.3. The monoisotopic (exact) mass is 714 g/mol. The van der Waals surface area contributed by atoms with Gasteiger partial charge in [-0.05, 0) is 111 Å². The van der Waals surface area contributed by atoms with Gasteiger partial charge in [0.25, 0.3) is 0 Å². The van der Waals surface area contributed by atoms with Gasteiger partial charge in [0, 0.05) is 43.0 Å². The predicted molar refractivity (Wildman–Crippen MR) is 224 cm³/mol. The average molecular weight is 714 g/mol. The molecule has 252 valence electrons. The van der Waals surface area contributed by atoms with Crippen LogP contribution in [0.3, 0.4) is 0 Å². The molecular weight excluding hydrogens is 641 g/mol. The number of hydrogen-bond acceptors (Lipinski definition) is 1. The first-order chi connectivity index (χ1) is 40.6. The SMILES string of the molecule is [2H]c1c([2H])c([2H])c(-c2c([2H])c([2H])c(N(c3c([2H])c([2H])c([2H])c(-c4c([2H])c([2H])c5c(c4[2H])c4c([2H])c([2H])c([2H])c([2H])c4n5-c4c([2H])c([2H])c([2H])c([2H])c4[2H])c3[2H])c3c([2H])c([2H])c4c(c3[2H])C(C)(C([2H])([2H])[2H])c3c([2H])c([2H])c([2H])c([2H])c3-4)c([2H])c2[2H])c([2H])c1[2H]. The molecule has 1 atom stereocenters. The Balaban J connectivity index is 1.43. The smallest absolute Gasteiger partial charge is 0.0651 e. The Morgan fingerprint density at radius 2 is 1.06 bits per heavy atom. The van der Waals surface area contributed by atoms with Crippen LogP contribution in [-0.4, -0.2) is 4.57 Å². The van der Waals surface area contributed by atoms with Crippen LogP contribution in [0, 0.1) is 0 Å². The number of anilines is 3. The molecule has 10 rings (SSSR count). The topological polar surface area (TPSA) is 8.17 Å². The molecule has 1 heterocycles. The van der Waals surface area contributed by atoms with E-state index in [0.717, 1.165) is 6.92 Å². The molecule has 1 aliphatic rings. The highest BCUT2D eigenvalue weighted by Crippen LogP contribution is 2.51. The standard InChI is InChI=1S/C51H38N2/c1-51(2)47-22-11-9-20-43(47)44-30-29-42(34-48(44)51)52(40-27-24-36(25-28-40)35-14-5-3-6-15-35)41-19-13-16-37(32-41)38-26-31-50-46(33-38)45-21-10-12-23-49(45)53(50)39-17-7-4-8-18-39/h3-34H,1-2H3/i1D3,3D,4D,5D,6D,7D,8D,9D,10D,11D,12D,13D,14D,15D,16D,17D,18D,19D,20D,21D,22D,23D,24D,25D,26D,27D,28D,29D,30D,31D,32D,33D,34D. The lowest BCUT2D eigenvalue weighted by Crippen LogP contribution is -2.16. The minimum Gasteiger partial charge on any atom is -0.310 e. The first-order valence-electron chi connectivity index (χ1n) is 33.1. The van der Waals surface area contributed by atoms with Gasteiger partial charge in [0.15, 0.2) is 0 Å². The van der Waals surface area contributed by atoms with Crippen molar-refractivity contribution in [1.82, 2.24) is 4.57 Å². The van der Waals surface area contributed by atoms with E-state index in [1.807, 2.05) is 0 Å². The lowest BCUT2D eigenvalue weighted by atomic mass is 9.82. The fourth-order valence-electron chi connectivity index (χ4n) is 6.11. The van der Waals surface area contributed by atoms with Crippen molar-refractivity contribution in [2.45, 2.75) is 19.2 Å². The lowest BCUT2D eigenvalue weighted by Gasteiger charge is -2.28. The molecule has 0 radical (unpaired) electrons. The van der Waals surface area contributed by atoms with Crippen molar-refractivity contribution < 1.29 is 48.0 Å². The van der Waals surface area contributed by atoms with Crippen molar-refractivity contribution in [3.05, 3.63) is 204 Å². The first kappa shape index (κ1) is 11.7. The normalized spacial score (nSPS) is 24.2. The summed E-state index contributed by atoms with van der Waals surface area (Å²) < 4.78 is 318. The number of benzene rings is 8. The van der Waals surface area contributed by atoms with Crippen LogP contribution in [0.25, 0.3) is 60.9 Å². The third-order valence-electron chi connectivity index (χ3n) is 8.50. The van der Waals surface area contributed by atoms with Crippen molar-refractivity contribution >= 4 is 38.9 Å². The van der Waals surface area contributed by atoms with Crippen LogP contribution in [0.5, 0.6) is 0 Å². The van der Waals surface area contributed by atoms with E-state index in [1.54, 1.807) is 0 Å². The molecule has 53 heavy (non-hydrogen) atoms. The molecule has 0 saturated carbocycles. The number of hydrogen-bond donors (Lipinski definition) is 0. The minimum atomic E-state index is -3.47. The maximum absolute atomic E-state index is 10.1. The lowest BCUT2D eigenvalue weighted by molar-refractivity contribution is 0.660. The second-order valence-electron chi connectivity index (χ2n) is 11.6. The van der Waals surface area contributed by atoms with Gasteiger partial charge in [0.05, 0.1) is 54.9 Å². The van der Waals surface area contributed by atoms with Crippen molar-refractivity contribution in [2.75, 3.05) is 4.90 Å². The molecule has 0 aliphatic heterocycles. The summed E-state index contributed by atoms with van der Waals surface area (Å²) in [5.74, 6) is 0. The summed E-state index contributed by atoms with van der Waals surface area (Å²) in [5.41, 5.74) is -15.8. The minimum absolute atomic E-state index is 0.257. The van der Waals surface area contributed by atoms with E-state index in [-0.39, 0.29) is 4.90 Å². The van der Waals surface area contributed by atoms with Crippen LogP contribution in [0.15, 0.2) is 193 Å². The Morgan fingerprint density at radius 1 is 0.453 bits per heavy atom. The van der Waals surface area contributed by atoms with Crippen LogP contribution in [0.2, 0.25) is 0 Å². The van der Waals surface area contributed by atoms with Gasteiger partial charge in [-0.1, -0.05) is 141 Å². The van der Waals surface area contributed by atoms with Crippen molar-refractivity contribution in [3.8, 4) is 39.1 Å². The molecular formula is C51H38N2. The van der Waals surface area contributed by atoms with Gasteiger partial charge in [-0.2, -0.15) is 0 Å². The first-order valence-corrected chi connectivity index (χ1v) is 15.6. The van der Waals surface area contributed by atoms with E-state index >= 15 is 0 Å². The van der Waals surface area contributed by atoms with Gasteiger partial charge in [-0.25, -0.2) is 0 Å². The molecule has 9 aromatic rings. The second-order valence-corrected chi connectivity index (χ2v) is 11.6. The molecule has 2 heteroatoms. The molecule has 0 amide bonds. The molecule has 1 aliphatic carbocycles. The third kappa shape index (κ3) is 5.10. The van der Waals surface area contributed by atoms with Crippen LogP contribution in [-0.2, 0) is 5.41 Å². The summed E-state index contributed by atoms with van der Waals surface area (Å²) in [6.07, 6.45) is 0. The Labute approximate surface area is 360 Å². The van der Waals surface area contributed by atoms with Crippen LogP contribution >= 0.6 is 0 Å². The number of para-hydroxylation sites is 2. The molecule has 0 fully saturated rings. The number of nitrogens with zero attached hydrogens (tertiary/aromatic N) is 2. The molecule has 0 spiro atoms. The summed E-state index contributed by atoms with van der Waals surface area (Å²) in [4.78, 5) is 0.257. The molecule has 8 aromatic carbocycles. The van der Waals surface area contributed by atoms with E-state index in [1.165, 1.54) is 0 Å². The van der Waals surface area contributed by atoms with Crippen molar-refractivity contribution in [1.29, 1.82) is 0 Å². The molecule has 1 aromatic heterocycles. The average Bonchev–Trinajstić information content (AvgIpc) is 1.49. The zero-order chi connectivity index (χ0) is 65.9. The molecule has 0 N–H and O–H groups in total. The molecule has 0 bridgehead atoms. The summed E-state index contributed by atoms with van der Waals surface area (Å²) in [6, 6.07) is -35.1. The molecule has 1 unspecified atom stereocenters. The van der Waals surface area contributed by atoms with Crippen LogP contribution in [0.4, 0.5) is 17.1 Å². The largest absolute Gasteiger partial charge is 0.310 e. The molecule has 2 nitrogen and oxygen atoms in total. The number of rotatable bonds is 6. The van der Waals surface area contributed by atoms with Gasteiger partial charge in [0.1, 0.15) is 0 Å². The van der Waals surface area contributed by atoms with Gasteiger partial charge >= 0.3 is 0 Å². The quantitative estimate of drug-likeness (QED) is 0.167. The van der Waals surface area contributed by atoms with E-state index < -0.39 is 295 Å². The molecule has 0 saturated heterocycles. The van der Waals surface area contributed by atoms with E-state index in [2.05, 4.69) is 0 Å². The zero-order valence-electron chi connectivity index (χ0n) is 61.9. The Bertz CT molecular complexity index is 4680. The van der Waals surface area contributed by atoms with Crippen molar-refractivity contribution in [3.63, 3.8) is 0 Å². The predicted octanol–water partition coefficient (Wildman–Crippen LogP) is 13.9. The summed E-state index contributed by atoms with van der Waals surface area (Å²) in [5, 5.41) is -1.43. The van der Waals surface area contributed by atoms with Crippen molar-refractivity contribution in [2.24, 2.45) is 0 Å². The van der Waals surface area contributed by atoms with E-state index in [0.29, 0.717) is 4.57 Å². The highest BCUT2D eigenvalue weighted by atomic mass is 15.1. The Hall–Kier alpha value is -6.64. The number of aromatic nitrogens is 1. The summed E-state index contributed by atoms with van der Waals surface area (Å²) in [6.45, 7) is -2.54. The zero-order valence-corrected chi connectivity index (χ0v) is 26.9. The maximum atomic E-state index is 10.1. The van der Waals surface area contributed by atoms with Crippen LogP contribution < -0.4 is 4.90 Å². The fourth-order valence-corrected chi connectivity index (χ4v) is 6.11. The summed E-state index contributed by atoms with van der Waals surface area (Å²) in [7, 11) is 0. The van der Waals surface area contributed by atoms with Gasteiger partial charge < -0.3 is 9.47 Å². The highest BCUT2D eigenvalue weighted by molar-refractivity contribution is 6.10. The summed E-state index contributed by atoms with van der Waals surface area (Å²) >= 11 is 0. The fraction of sp³-hybridized carbons (Fsp3) is 0.0588. The maximum Gasteiger partial charge on any atom is 0.0651 e. The van der Waals surface area contributed by atoms with Gasteiger partial charge in [-0.3, -0.25) is 0 Å². The van der Waals surface area contributed by atoms with E-state index in [9.17, 15) is 19.2 Å². The van der Waals surface area contributed by atoms with Gasteiger partial charge in [-0.15, -0.1) is 0 Å². The van der Waals surface area contributed by atoms with Gasteiger partial charge in [0.2, 0.25) is 0 Å². The van der Waals surface area contributed by atoms with E-state index in [4.69, 9.17) is 28.8 Å². The number of fused-ring (bicyclic) bond motifs is 6. The third-order valence-corrected chi connectivity index (χ3v) is 8.50.